The minimum Gasteiger partial charge on any atom is -0.345 e. The Hall–Kier alpha value is -1.59. The summed E-state index contributed by atoms with van der Waals surface area (Å²) >= 11 is 0. The second-order valence-corrected chi connectivity index (χ2v) is 6.07. The molecule has 0 atom stereocenters. The number of nitrogens with two attached hydrogens (primary N) is 1. The van der Waals surface area contributed by atoms with Crippen LogP contribution >= 0.6 is 12.4 Å². The van der Waals surface area contributed by atoms with Crippen molar-refractivity contribution in [3.05, 3.63) is 29.3 Å². The second kappa shape index (κ2) is 6.67. The van der Waals surface area contributed by atoms with Crippen molar-refractivity contribution in [3.63, 3.8) is 0 Å². The van der Waals surface area contributed by atoms with Crippen LogP contribution in [0.4, 0.5) is 5.69 Å². The van der Waals surface area contributed by atoms with Gasteiger partial charge in [-0.3, -0.25) is 9.59 Å². The van der Waals surface area contributed by atoms with Crippen LogP contribution in [0.1, 0.15) is 48.0 Å². The Labute approximate surface area is 136 Å². The van der Waals surface area contributed by atoms with Crippen LogP contribution in [0, 0.1) is 0 Å². The van der Waals surface area contributed by atoms with Gasteiger partial charge >= 0.3 is 0 Å². The number of anilines is 1. The molecule has 0 aromatic heterocycles. The maximum atomic E-state index is 12.5. The molecule has 1 saturated carbocycles. The molecule has 0 spiro atoms. The van der Waals surface area contributed by atoms with Gasteiger partial charge in [-0.2, -0.15) is 0 Å². The van der Waals surface area contributed by atoms with E-state index in [0.29, 0.717) is 24.9 Å². The molecule has 120 valence electrons. The highest BCUT2D eigenvalue weighted by Gasteiger charge is 2.34. The molecule has 1 heterocycles. The van der Waals surface area contributed by atoms with Gasteiger partial charge in [-0.1, -0.05) is 12.8 Å². The van der Waals surface area contributed by atoms with E-state index in [1.165, 1.54) is 0 Å². The molecule has 1 aromatic rings. The van der Waals surface area contributed by atoms with E-state index in [1.54, 1.807) is 6.07 Å². The predicted molar refractivity (Wildman–Crippen MR) is 88.4 cm³/mol. The van der Waals surface area contributed by atoms with Crippen molar-refractivity contribution < 1.29 is 9.59 Å². The van der Waals surface area contributed by atoms with Crippen molar-refractivity contribution >= 4 is 29.9 Å². The van der Waals surface area contributed by atoms with E-state index in [0.717, 1.165) is 36.9 Å². The molecule has 2 amide bonds. The van der Waals surface area contributed by atoms with Gasteiger partial charge in [0.1, 0.15) is 0 Å². The summed E-state index contributed by atoms with van der Waals surface area (Å²) in [5.74, 6) is -0.0326. The summed E-state index contributed by atoms with van der Waals surface area (Å²) in [5, 5.41) is 5.95. The first-order valence-corrected chi connectivity index (χ1v) is 7.57. The lowest BCUT2D eigenvalue weighted by Gasteiger charge is -2.29. The summed E-state index contributed by atoms with van der Waals surface area (Å²) in [5.41, 5.74) is 8.11. The Kier molecular flexibility index (Phi) is 5.08. The number of aryl methyl sites for hydroxylation is 1. The number of carbonyl (C=O) groups excluding carboxylic acids is 2. The van der Waals surface area contributed by atoms with Crippen molar-refractivity contribution in [2.75, 3.05) is 11.9 Å². The van der Waals surface area contributed by atoms with Gasteiger partial charge in [0.05, 0.1) is 5.54 Å². The predicted octanol–water partition coefficient (Wildman–Crippen LogP) is 1.99. The first kappa shape index (κ1) is 16.8. The standard InChI is InChI=1S/C16H21N3O2.ClH/c17-10-16(7-1-2-8-16)19-15(21)12-3-5-13-11(9-12)4-6-14(20)18-13;/h3,5,9H,1-2,4,6-8,10,17H2,(H,18,20)(H,19,21);1H. The van der Waals surface area contributed by atoms with E-state index < -0.39 is 0 Å². The number of amides is 2. The normalized spacial score (nSPS) is 18.9. The van der Waals surface area contributed by atoms with Gasteiger partial charge in [-0.05, 0) is 43.0 Å². The largest absolute Gasteiger partial charge is 0.345 e. The van der Waals surface area contributed by atoms with Gasteiger partial charge in [0, 0.05) is 24.2 Å². The lowest BCUT2D eigenvalue weighted by atomic mass is 9.96. The van der Waals surface area contributed by atoms with Crippen LogP contribution in [0.5, 0.6) is 0 Å². The van der Waals surface area contributed by atoms with Crippen LogP contribution in [-0.2, 0) is 11.2 Å². The van der Waals surface area contributed by atoms with Gasteiger partial charge in [-0.25, -0.2) is 0 Å². The monoisotopic (exact) mass is 323 g/mol. The topological polar surface area (TPSA) is 84.2 Å². The maximum Gasteiger partial charge on any atom is 0.251 e. The smallest absolute Gasteiger partial charge is 0.251 e. The minimum atomic E-state index is -0.235. The van der Waals surface area contributed by atoms with Crippen LogP contribution in [0.15, 0.2) is 18.2 Å². The van der Waals surface area contributed by atoms with E-state index >= 15 is 0 Å². The third-order valence-electron chi connectivity index (χ3n) is 4.59. The average molecular weight is 324 g/mol. The number of benzene rings is 1. The lowest BCUT2D eigenvalue weighted by molar-refractivity contribution is -0.116. The number of rotatable bonds is 3. The van der Waals surface area contributed by atoms with E-state index in [2.05, 4.69) is 10.6 Å². The average Bonchev–Trinajstić information content (AvgIpc) is 2.95. The molecule has 6 heteroatoms. The first-order chi connectivity index (χ1) is 10.1. The molecule has 0 bridgehead atoms. The molecule has 1 fully saturated rings. The summed E-state index contributed by atoms with van der Waals surface area (Å²) in [6.45, 7) is 0.486. The van der Waals surface area contributed by atoms with E-state index in [-0.39, 0.29) is 29.8 Å². The highest BCUT2D eigenvalue weighted by atomic mass is 35.5. The van der Waals surface area contributed by atoms with Crippen molar-refractivity contribution in [2.24, 2.45) is 5.73 Å². The summed E-state index contributed by atoms with van der Waals surface area (Å²) in [6.07, 6.45) is 5.31. The molecule has 4 N–H and O–H groups in total. The fourth-order valence-electron chi connectivity index (χ4n) is 3.27. The Morgan fingerprint density at radius 3 is 2.68 bits per heavy atom. The third kappa shape index (κ3) is 3.25. The van der Waals surface area contributed by atoms with E-state index in [4.69, 9.17) is 5.73 Å². The number of nitrogens with one attached hydrogen (secondary N) is 2. The van der Waals surface area contributed by atoms with Gasteiger partial charge in [0.15, 0.2) is 0 Å². The molecule has 2 aliphatic rings. The van der Waals surface area contributed by atoms with Gasteiger partial charge in [0.2, 0.25) is 5.91 Å². The quantitative estimate of drug-likeness (QED) is 0.795. The van der Waals surface area contributed by atoms with Crippen LogP contribution in [0.2, 0.25) is 0 Å². The van der Waals surface area contributed by atoms with Gasteiger partial charge < -0.3 is 16.4 Å². The summed E-state index contributed by atoms with van der Waals surface area (Å²) in [6, 6.07) is 5.45. The summed E-state index contributed by atoms with van der Waals surface area (Å²) in [7, 11) is 0. The van der Waals surface area contributed by atoms with Gasteiger partial charge in [0.25, 0.3) is 5.91 Å². The van der Waals surface area contributed by atoms with Gasteiger partial charge in [-0.15, -0.1) is 12.4 Å². The second-order valence-electron chi connectivity index (χ2n) is 6.07. The molecule has 22 heavy (non-hydrogen) atoms. The molecular formula is C16H22ClN3O2. The molecule has 0 radical (unpaired) electrons. The van der Waals surface area contributed by atoms with Crippen molar-refractivity contribution in [3.8, 4) is 0 Å². The van der Waals surface area contributed by atoms with Crippen LogP contribution in [0.25, 0.3) is 0 Å². The van der Waals surface area contributed by atoms with Crippen molar-refractivity contribution in [2.45, 2.75) is 44.1 Å². The number of fused-ring (bicyclic) bond motifs is 1. The zero-order chi connectivity index (χ0) is 14.9. The van der Waals surface area contributed by atoms with Crippen LogP contribution in [-0.4, -0.2) is 23.9 Å². The van der Waals surface area contributed by atoms with Crippen LogP contribution in [0.3, 0.4) is 0 Å². The van der Waals surface area contributed by atoms with Crippen LogP contribution < -0.4 is 16.4 Å². The third-order valence-corrected chi connectivity index (χ3v) is 4.59. The minimum absolute atomic E-state index is 0. The number of hydrogen-bond donors (Lipinski definition) is 3. The molecule has 1 aliphatic carbocycles. The Morgan fingerprint density at radius 1 is 1.27 bits per heavy atom. The summed E-state index contributed by atoms with van der Waals surface area (Å²) < 4.78 is 0. The highest BCUT2D eigenvalue weighted by molar-refractivity contribution is 5.98. The van der Waals surface area contributed by atoms with E-state index in [1.807, 2.05) is 12.1 Å². The molecule has 0 saturated heterocycles. The fraction of sp³-hybridized carbons (Fsp3) is 0.500. The number of carbonyl (C=O) groups is 2. The molecule has 1 aliphatic heterocycles. The Bertz CT molecular complexity index is 583. The number of hydrogen-bond acceptors (Lipinski definition) is 3. The molecule has 1 aromatic carbocycles. The first-order valence-electron chi connectivity index (χ1n) is 7.57. The molecular weight excluding hydrogens is 302 g/mol. The zero-order valence-electron chi connectivity index (χ0n) is 12.5. The fourth-order valence-corrected chi connectivity index (χ4v) is 3.27. The molecule has 3 rings (SSSR count). The maximum absolute atomic E-state index is 12.5. The molecule has 0 unspecified atom stereocenters. The number of halogens is 1. The zero-order valence-corrected chi connectivity index (χ0v) is 13.3. The van der Waals surface area contributed by atoms with Crippen molar-refractivity contribution in [1.29, 1.82) is 0 Å². The lowest BCUT2D eigenvalue weighted by Crippen LogP contribution is -2.51. The molecule has 5 nitrogen and oxygen atoms in total. The van der Waals surface area contributed by atoms with E-state index in [9.17, 15) is 9.59 Å². The summed E-state index contributed by atoms with van der Waals surface area (Å²) in [4.78, 5) is 23.8. The Balaban J connectivity index is 0.00000176. The van der Waals surface area contributed by atoms with Crippen molar-refractivity contribution in [1.82, 2.24) is 5.32 Å². The Morgan fingerprint density at radius 2 is 2.00 bits per heavy atom. The SMILES string of the molecule is Cl.NCC1(NC(=O)c2ccc3c(c2)CCC(=O)N3)CCCC1. The highest BCUT2D eigenvalue weighted by Crippen LogP contribution is 2.29.